The molecule has 1 aliphatic heterocycles. The Morgan fingerprint density at radius 2 is 2.10 bits per heavy atom. The molecule has 0 amide bonds. The molecule has 1 atom stereocenters. The molecule has 1 unspecified atom stereocenters. The number of alkyl halides is 3. The Morgan fingerprint density at radius 1 is 1.38 bits per heavy atom. The number of carbonyl (C=O) groups is 1. The summed E-state index contributed by atoms with van der Waals surface area (Å²) in [7, 11) is 2.71. The van der Waals surface area contributed by atoms with Crippen LogP contribution in [0.25, 0.3) is 0 Å². The summed E-state index contributed by atoms with van der Waals surface area (Å²) in [6.07, 6.45) is -4.47. The van der Waals surface area contributed by atoms with Crippen molar-refractivity contribution in [3.05, 3.63) is 29.3 Å². The molecule has 1 aromatic carbocycles. The van der Waals surface area contributed by atoms with Crippen molar-refractivity contribution in [2.45, 2.75) is 12.1 Å². The zero-order valence-electron chi connectivity index (χ0n) is 11.7. The second-order valence-corrected chi connectivity index (χ2v) is 4.76. The summed E-state index contributed by atoms with van der Waals surface area (Å²) in [6.45, 7) is 0.724. The highest BCUT2D eigenvalue weighted by Crippen LogP contribution is 2.45. The summed E-state index contributed by atoms with van der Waals surface area (Å²) >= 11 is 0. The highest BCUT2D eigenvalue weighted by Gasteiger charge is 2.42. The maximum atomic E-state index is 13.2. The Bertz CT molecular complexity index is 531. The van der Waals surface area contributed by atoms with Gasteiger partial charge in [0.15, 0.2) is 0 Å². The number of halogens is 3. The first-order valence-corrected chi connectivity index (χ1v) is 6.42. The Morgan fingerprint density at radius 3 is 2.67 bits per heavy atom. The van der Waals surface area contributed by atoms with Crippen LogP contribution in [0.4, 0.5) is 18.9 Å². The van der Waals surface area contributed by atoms with E-state index < -0.39 is 23.6 Å². The molecule has 4 nitrogen and oxygen atoms in total. The monoisotopic (exact) mass is 303 g/mol. The summed E-state index contributed by atoms with van der Waals surface area (Å²) in [4.78, 5) is 13.3. The fourth-order valence-electron chi connectivity index (χ4n) is 2.58. The predicted octanol–water partition coefficient (Wildman–Crippen LogP) is 2.43. The van der Waals surface area contributed by atoms with Crippen LogP contribution >= 0.6 is 0 Å². The maximum Gasteiger partial charge on any atom is 0.418 e. The number of nitrogens with zero attached hydrogens (tertiary/aromatic N) is 1. The quantitative estimate of drug-likeness (QED) is 0.801. The van der Waals surface area contributed by atoms with Crippen molar-refractivity contribution in [3.8, 4) is 0 Å². The highest BCUT2D eigenvalue weighted by atomic mass is 19.4. The van der Waals surface area contributed by atoms with Crippen LogP contribution in [0.5, 0.6) is 0 Å². The molecule has 2 rings (SSSR count). The predicted molar refractivity (Wildman–Crippen MR) is 70.3 cm³/mol. The molecule has 1 aromatic rings. The number of para-hydroxylation sites is 1. The van der Waals surface area contributed by atoms with Gasteiger partial charge in [-0.05, 0) is 11.6 Å². The van der Waals surface area contributed by atoms with Crippen molar-refractivity contribution in [1.29, 1.82) is 0 Å². The fourth-order valence-corrected chi connectivity index (χ4v) is 2.58. The lowest BCUT2D eigenvalue weighted by Gasteiger charge is -2.22. The molecule has 1 heterocycles. The van der Waals surface area contributed by atoms with Crippen LogP contribution in [0, 0.1) is 0 Å². The summed E-state index contributed by atoms with van der Waals surface area (Å²) in [6, 6.07) is 3.88. The van der Waals surface area contributed by atoms with Gasteiger partial charge in [-0.2, -0.15) is 13.2 Å². The van der Waals surface area contributed by atoms with Crippen LogP contribution in [0.1, 0.15) is 17.0 Å². The molecular weight excluding hydrogens is 287 g/mol. The standard InChI is InChI=1S/C14H16F3NO3/c1-20-7-6-18-8-10(13(19)21-2)9-4-3-5-11(12(9)18)14(15,16)17/h3-5,10H,6-8H2,1-2H3. The second-order valence-electron chi connectivity index (χ2n) is 4.76. The number of carbonyl (C=O) groups excluding carboxylic acids is 1. The minimum absolute atomic E-state index is 0.0532. The van der Waals surface area contributed by atoms with Gasteiger partial charge in [0.2, 0.25) is 0 Å². The summed E-state index contributed by atoms with van der Waals surface area (Å²) in [5.41, 5.74) is -0.326. The largest absolute Gasteiger partial charge is 0.468 e. The van der Waals surface area contributed by atoms with Crippen LogP contribution in [0.3, 0.4) is 0 Å². The summed E-state index contributed by atoms with van der Waals surface area (Å²) in [5, 5.41) is 0. The minimum atomic E-state index is -4.47. The normalized spacial score (nSPS) is 17.8. The third-order valence-corrected chi connectivity index (χ3v) is 3.52. The van der Waals surface area contributed by atoms with E-state index in [1.807, 2.05) is 0 Å². The topological polar surface area (TPSA) is 38.8 Å². The molecule has 0 bridgehead atoms. The Balaban J connectivity index is 2.48. The molecule has 7 heteroatoms. The van der Waals surface area contributed by atoms with Gasteiger partial charge in [-0.15, -0.1) is 0 Å². The van der Waals surface area contributed by atoms with Crippen LogP contribution in [-0.4, -0.2) is 39.9 Å². The number of methoxy groups -OCH3 is 2. The Hall–Kier alpha value is -1.76. The van der Waals surface area contributed by atoms with Gasteiger partial charge >= 0.3 is 12.1 Å². The van der Waals surface area contributed by atoms with Crippen molar-refractivity contribution in [3.63, 3.8) is 0 Å². The van der Waals surface area contributed by atoms with E-state index >= 15 is 0 Å². The zero-order chi connectivity index (χ0) is 15.6. The molecule has 0 N–H and O–H groups in total. The molecule has 0 saturated carbocycles. The molecule has 116 valence electrons. The zero-order valence-corrected chi connectivity index (χ0v) is 11.7. The average molecular weight is 303 g/mol. The van der Waals surface area contributed by atoms with Crippen molar-refractivity contribution < 1.29 is 27.4 Å². The van der Waals surface area contributed by atoms with E-state index in [4.69, 9.17) is 9.47 Å². The second kappa shape index (κ2) is 5.93. The number of hydrogen-bond donors (Lipinski definition) is 0. The van der Waals surface area contributed by atoms with E-state index in [-0.39, 0.29) is 25.4 Å². The fraction of sp³-hybridized carbons (Fsp3) is 0.500. The average Bonchev–Trinajstić information content (AvgIpc) is 2.82. The molecule has 0 radical (unpaired) electrons. The third-order valence-electron chi connectivity index (χ3n) is 3.52. The number of esters is 1. The van der Waals surface area contributed by atoms with Crippen molar-refractivity contribution in [1.82, 2.24) is 0 Å². The minimum Gasteiger partial charge on any atom is -0.468 e. The number of fused-ring (bicyclic) bond motifs is 1. The van der Waals surface area contributed by atoms with E-state index in [9.17, 15) is 18.0 Å². The first kappa shape index (κ1) is 15.6. The number of hydrogen-bond acceptors (Lipinski definition) is 4. The van der Waals surface area contributed by atoms with Gasteiger partial charge in [0.25, 0.3) is 0 Å². The highest BCUT2D eigenvalue weighted by molar-refractivity contribution is 5.85. The lowest BCUT2D eigenvalue weighted by atomic mass is 9.99. The first-order valence-electron chi connectivity index (χ1n) is 6.42. The smallest absolute Gasteiger partial charge is 0.418 e. The molecule has 21 heavy (non-hydrogen) atoms. The molecule has 0 saturated heterocycles. The maximum absolute atomic E-state index is 13.2. The number of anilines is 1. The lowest BCUT2D eigenvalue weighted by Crippen LogP contribution is -2.29. The molecule has 1 aliphatic rings. The van der Waals surface area contributed by atoms with Gasteiger partial charge in [-0.3, -0.25) is 4.79 Å². The SMILES string of the molecule is COCCN1CC(C(=O)OC)c2cccc(C(F)(F)F)c21. The van der Waals surface area contributed by atoms with E-state index in [0.29, 0.717) is 5.56 Å². The van der Waals surface area contributed by atoms with Crippen molar-refractivity contribution >= 4 is 11.7 Å². The van der Waals surface area contributed by atoms with E-state index in [2.05, 4.69) is 0 Å². The molecule has 0 aliphatic carbocycles. The number of rotatable bonds is 4. The van der Waals surface area contributed by atoms with E-state index in [1.54, 1.807) is 6.07 Å². The number of benzene rings is 1. The summed E-state index contributed by atoms with van der Waals surface area (Å²) in [5.74, 6) is -1.24. The molecule has 0 aromatic heterocycles. The molecular formula is C14H16F3NO3. The van der Waals surface area contributed by atoms with Crippen LogP contribution in [0.2, 0.25) is 0 Å². The van der Waals surface area contributed by atoms with Gasteiger partial charge < -0.3 is 14.4 Å². The van der Waals surface area contributed by atoms with Crippen LogP contribution < -0.4 is 4.90 Å². The van der Waals surface area contributed by atoms with Crippen molar-refractivity contribution in [2.24, 2.45) is 0 Å². The summed E-state index contributed by atoms with van der Waals surface area (Å²) < 4.78 is 49.1. The third kappa shape index (κ3) is 2.97. The van der Waals surface area contributed by atoms with E-state index in [0.717, 1.165) is 6.07 Å². The van der Waals surface area contributed by atoms with Gasteiger partial charge in [-0.1, -0.05) is 12.1 Å². The Labute approximate surface area is 120 Å². The van der Waals surface area contributed by atoms with Crippen molar-refractivity contribution in [2.75, 3.05) is 38.8 Å². The van der Waals surface area contributed by atoms with Gasteiger partial charge in [0.05, 0.1) is 25.0 Å². The first-order chi connectivity index (χ1) is 9.90. The molecule has 0 fully saturated rings. The van der Waals surface area contributed by atoms with Crippen LogP contribution in [0.15, 0.2) is 18.2 Å². The van der Waals surface area contributed by atoms with E-state index in [1.165, 1.54) is 25.2 Å². The van der Waals surface area contributed by atoms with Crippen LogP contribution in [-0.2, 0) is 20.4 Å². The number of ether oxygens (including phenoxy) is 2. The lowest BCUT2D eigenvalue weighted by molar-refractivity contribution is -0.142. The van der Waals surface area contributed by atoms with Gasteiger partial charge in [-0.25, -0.2) is 0 Å². The van der Waals surface area contributed by atoms with Gasteiger partial charge in [0.1, 0.15) is 5.92 Å². The van der Waals surface area contributed by atoms with Gasteiger partial charge in [0, 0.05) is 20.2 Å². The Kier molecular flexibility index (Phi) is 4.41. The molecule has 0 spiro atoms.